The molecule has 0 aliphatic rings. The van der Waals surface area contributed by atoms with E-state index >= 15 is 0 Å². The minimum Gasteiger partial charge on any atom is -0.495 e. The van der Waals surface area contributed by atoms with Crippen LogP contribution in [-0.4, -0.2) is 54.7 Å². The smallest absolute Gasteiger partial charge is 0.335 e. The molecule has 0 heterocycles. The van der Waals surface area contributed by atoms with Gasteiger partial charge < -0.3 is 37.3 Å². The highest BCUT2D eigenvalue weighted by atomic mass is 16.5. The number of carbonyl (C=O) groups excluding carboxylic acids is 3. The highest BCUT2D eigenvalue weighted by Crippen LogP contribution is 2.26. The number of nitrogens with one attached hydrogen (secondary N) is 3. The minimum atomic E-state index is -1.14. The molecule has 30 heavy (non-hydrogen) atoms. The fourth-order valence-corrected chi connectivity index (χ4v) is 2.50. The quantitative estimate of drug-likeness (QED) is 0.275. The van der Waals surface area contributed by atoms with Crippen molar-refractivity contribution in [3.05, 3.63) is 23.8 Å². The average Bonchev–Trinajstić information content (AvgIpc) is 2.69. The minimum absolute atomic E-state index is 0.00450. The molecule has 0 aliphatic carbocycles. The van der Waals surface area contributed by atoms with E-state index < -0.39 is 35.9 Å². The average molecular weight is 423 g/mol. The van der Waals surface area contributed by atoms with E-state index in [-0.39, 0.29) is 35.9 Å². The summed E-state index contributed by atoms with van der Waals surface area (Å²) in [7, 11) is 1.34. The van der Waals surface area contributed by atoms with Crippen molar-refractivity contribution in [2.75, 3.05) is 19.0 Å². The van der Waals surface area contributed by atoms with Crippen LogP contribution in [0.25, 0.3) is 0 Å². The van der Waals surface area contributed by atoms with Crippen LogP contribution in [0.4, 0.5) is 10.5 Å². The molecule has 4 amide bonds. The maximum Gasteiger partial charge on any atom is 0.335 e. The summed E-state index contributed by atoms with van der Waals surface area (Å²) in [6, 6.07) is 1.56. The molecule has 11 heteroatoms. The van der Waals surface area contributed by atoms with Gasteiger partial charge in [-0.05, 0) is 37.0 Å². The zero-order valence-corrected chi connectivity index (χ0v) is 17.2. The van der Waals surface area contributed by atoms with Gasteiger partial charge in [0, 0.05) is 6.54 Å². The Morgan fingerprint density at radius 3 is 2.37 bits per heavy atom. The Morgan fingerprint density at radius 1 is 1.17 bits per heavy atom. The Bertz CT molecular complexity index is 783. The number of rotatable bonds is 11. The van der Waals surface area contributed by atoms with Crippen LogP contribution in [0.1, 0.15) is 37.0 Å². The first kappa shape index (κ1) is 24.7. The Labute approximate surface area is 174 Å². The van der Waals surface area contributed by atoms with E-state index in [0.29, 0.717) is 6.42 Å². The van der Waals surface area contributed by atoms with Crippen LogP contribution in [0, 0.1) is 5.92 Å². The fraction of sp³-hybridized carbons (Fsp3) is 0.474. The molecular formula is C19H29N5O6. The van der Waals surface area contributed by atoms with Crippen molar-refractivity contribution in [2.24, 2.45) is 17.4 Å². The van der Waals surface area contributed by atoms with Gasteiger partial charge in [-0.15, -0.1) is 0 Å². The van der Waals surface area contributed by atoms with Crippen LogP contribution in [0.2, 0.25) is 0 Å². The van der Waals surface area contributed by atoms with Crippen LogP contribution >= 0.6 is 0 Å². The number of aromatic carboxylic acids is 1. The number of urea groups is 1. The van der Waals surface area contributed by atoms with Gasteiger partial charge in [0.15, 0.2) is 0 Å². The number of hydrogen-bond donors (Lipinski definition) is 6. The Balaban J connectivity index is 2.96. The molecule has 166 valence electrons. The second-order valence-electron chi connectivity index (χ2n) is 6.97. The molecule has 0 fully saturated rings. The maximum absolute atomic E-state index is 12.8. The lowest BCUT2D eigenvalue weighted by Gasteiger charge is -2.22. The number of carboxylic acids is 1. The predicted molar refractivity (Wildman–Crippen MR) is 110 cm³/mol. The molecule has 0 aromatic heterocycles. The largest absolute Gasteiger partial charge is 0.495 e. The fourth-order valence-electron chi connectivity index (χ4n) is 2.50. The lowest BCUT2D eigenvalue weighted by molar-refractivity contribution is -0.128. The van der Waals surface area contributed by atoms with E-state index in [1.54, 1.807) is 13.8 Å². The SMILES string of the molecule is COc1cc(C(=O)O)ccc1NC(=O)C(CCCNC(N)=O)NC(=O)C(N)C(C)C. The number of nitrogens with two attached hydrogens (primary N) is 2. The number of benzene rings is 1. The first-order valence-corrected chi connectivity index (χ1v) is 9.38. The van der Waals surface area contributed by atoms with E-state index in [1.165, 1.54) is 25.3 Å². The number of primary amides is 1. The van der Waals surface area contributed by atoms with Crippen LogP contribution in [0.5, 0.6) is 5.75 Å². The molecular weight excluding hydrogens is 394 g/mol. The number of carbonyl (C=O) groups is 4. The van der Waals surface area contributed by atoms with Crippen molar-refractivity contribution in [2.45, 2.75) is 38.8 Å². The summed E-state index contributed by atoms with van der Waals surface area (Å²) in [5.74, 6) is -2.14. The van der Waals surface area contributed by atoms with Crippen molar-refractivity contribution in [1.82, 2.24) is 10.6 Å². The second kappa shape index (κ2) is 11.6. The molecule has 0 spiro atoms. The van der Waals surface area contributed by atoms with Crippen molar-refractivity contribution in [1.29, 1.82) is 0 Å². The topological polar surface area (TPSA) is 186 Å². The summed E-state index contributed by atoms with van der Waals surface area (Å²) in [4.78, 5) is 47.0. The number of hydrogen-bond acceptors (Lipinski definition) is 6. The van der Waals surface area contributed by atoms with Crippen LogP contribution in [-0.2, 0) is 9.59 Å². The number of anilines is 1. The van der Waals surface area contributed by atoms with Crippen molar-refractivity contribution in [3.8, 4) is 5.75 Å². The van der Waals surface area contributed by atoms with E-state index in [0.717, 1.165) is 0 Å². The zero-order valence-electron chi connectivity index (χ0n) is 17.2. The van der Waals surface area contributed by atoms with Gasteiger partial charge in [0.2, 0.25) is 11.8 Å². The molecule has 11 nitrogen and oxygen atoms in total. The van der Waals surface area contributed by atoms with Gasteiger partial charge in [-0.3, -0.25) is 9.59 Å². The Morgan fingerprint density at radius 2 is 1.83 bits per heavy atom. The molecule has 1 aromatic rings. The third kappa shape index (κ3) is 7.59. The summed E-state index contributed by atoms with van der Waals surface area (Å²) >= 11 is 0. The number of amides is 4. The summed E-state index contributed by atoms with van der Waals surface area (Å²) in [6.45, 7) is 3.79. The van der Waals surface area contributed by atoms with E-state index in [2.05, 4.69) is 16.0 Å². The summed E-state index contributed by atoms with van der Waals surface area (Å²) in [5.41, 5.74) is 11.1. The highest BCUT2D eigenvalue weighted by molar-refractivity contribution is 5.99. The van der Waals surface area contributed by atoms with Crippen molar-refractivity contribution < 1.29 is 29.0 Å². The standard InChI is InChI=1S/C19H29N5O6/c1-10(2)15(20)17(26)24-13(5-4-8-22-19(21)29)16(25)23-12-7-6-11(18(27)28)9-14(12)30-3/h6-7,9-10,13,15H,4-5,8,20H2,1-3H3,(H,23,25)(H,24,26)(H,27,28)(H3,21,22,29). The Hall–Kier alpha value is -3.34. The van der Waals surface area contributed by atoms with Gasteiger partial charge in [0.1, 0.15) is 11.8 Å². The monoisotopic (exact) mass is 423 g/mol. The van der Waals surface area contributed by atoms with Gasteiger partial charge in [-0.2, -0.15) is 0 Å². The third-order valence-corrected chi connectivity index (χ3v) is 4.33. The van der Waals surface area contributed by atoms with Crippen molar-refractivity contribution in [3.63, 3.8) is 0 Å². The normalized spacial score (nSPS) is 12.6. The van der Waals surface area contributed by atoms with Gasteiger partial charge in [0.25, 0.3) is 0 Å². The van der Waals surface area contributed by atoms with E-state index in [1.807, 2.05) is 0 Å². The number of carboxylic acid groups (broad SMARTS) is 1. The van der Waals surface area contributed by atoms with Crippen molar-refractivity contribution >= 4 is 29.5 Å². The van der Waals surface area contributed by atoms with E-state index in [4.69, 9.17) is 21.3 Å². The third-order valence-electron chi connectivity index (χ3n) is 4.33. The van der Waals surface area contributed by atoms with Crippen LogP contribution in [0.15, 0.2) is 18.2 Å². The molecule has 0 aliphatic heterocycles. The van der Waals surface area contributed by atoms with E-state index in [9.17, 15) is 19.2 Å². The molecule has 1 rings (SSSR count). The molecule has 0 radical (unpaired) electrons. The van der Waals surface area contributed by atoms with Gasteiger partial charge in [0.05, 0.1) is 24.4 Å². The molecule has 0 bridgehead atoms. The number of ether oxygens (including phenoxy) is 1. The lowest BCUT2D eigenvalue weighted by Crippen LogP contribution is -2.51. The highest BCUT2D eigenvalue weighted by Gasteiger charge is 2.26. The van der Waals surface area contributed by atoms with Gasteiger partial charge >= 0.3 is 12.0 Å². The maximum atomic E-state index is 12.8. The summed E-state index contributed by atoms with van der Waals surface area (Å²) < 4.78 is 5.15. The number of methoxy groups -OCH3 is 1. The second-order valence-corrected chi connectivity index (χ2v) is 6.97. The van der Waals surface area contributed by atoms with Crippen LogP contribution < -0.4 is 32.2 Å². The molecule has 8 N–H and O–H groups in total. The lowest BCUT2D eigenvalue weighted by atomic mass is 10.0. The molecule has 1 aromatic carbocycles. The molecule has 2 atom stereocenters. The summed E-state index contributed by atoms with van der Waals surface area (Å²) in [5, 5.41) is 16.7. The molecule has 0 saturated carbocycles. The first-order valence-electron chi connectivity index (χ1n) is 9.38. The predicted octanol–water partition coefficient (Wildman–Crippen LogP) is 0.249. The zero-order chi connectivity index (χ0) is 22.8. The van der Waals surface area contributed by atoms with Crippen LogP contribution in [0.3, 0.4) is 0 Å². The Kier molecular flexibility index (Phi) is 9.56. The molecule has 0 saturated heterocycles. The van der Waals surface area contributed by atoms with Gasteiger partial charge in [-0.1, -0.05) is 13.8 Å². The first-order chi connectivity index (χ1) is 14.1. The molecule has 2 unspecified atom stereocenters. The van der Waals surface area contributed by atoms with Gasteiger partial charge in [-0.25, -0.2) is 9.59 Å². The summed E-state index contributed by atoms with van der Waals surface area (Å²) in [6.07, 6.45) is 0.575.